The molecule has 130 valence electrons. The third-order valence-electron chi connectivity index (χ3n) is 6.53. The molecule has 1 amide bonds. The molecule has 2 nitrogen and oxygen atoms in total. The van der Waals surface area contributed by atoms with Crippen molar-refractivity contribution in [1.29, 1.82) is 0 Å². The molecule has 1 aliphatic carbocycles. The average molecular weight is 344 g/mol. The lowest BCUT2D eigenvalue weighted by atomic mass is 10.0. The first kappa shape index (κ1) is 17.5. The van der Waals surface area contributed by atoms with E-state index < -0.39 is 0 Å². The number of hydrogen-bond acceptors (Lipinski definition) is 2. The second-order valence-electron chi connectivity index (χ2n) is 8.69. The average Bonchev–Trinajstić information content (AvgIpc) is 2.79. The fourth-order valence-electron chi connectivity index (χ4n) is 3.85. The summed E-state index contributed by atoms with van der Waals surface area (Å²) in [6.45, 7) is 15.5. The van der Waals surface area contributed by atoms with Crippen molar-refractivity contribution in [3.05, 3.63) is 30.3 Å². The zero-order valence-electron chi connectivity index (χ0n) is 15.9. The maximum Gasteiger partial charge on any atom is 0.232 e. The minimum absolute atomic E-state index is 0.0652. The van der Waals surface area contributed by atoms with E-state index in [4.69, 9.17) is 0 Å². The normalized spacial score (nSPS) is 20.3. The van der Waals surface area contributed by atoms with E-state index in [1.807, 2.05) is 0 Å². The summed E-state index contributed by atoms with van der Waals surface area (Å²) < 4.78 is 1.25. The van der Waals surface area contributed by atoms with Crippen LogP contribution < -0.4 is 4.90 Å². The topological polar surface area (TPSA) is 20.3 Å². The molecular weight excluding hydrogens is 314 g/mol. The van der Waals surface area contributed by atoms with Gasteiger partial charge in [-0.3, -0.25) is 4.79 Å². The standard InChI is InChI=1S/C21H29NOS/c1-13(2)14(3)22(19(23)18-20(4,5)21(18,6)7)17-12-15-10-8-9-11-16(15)24-17/h8-14,18H,1-7H3. The third kappa shape index (κ3) is 2.48. The van der Waals surface area contributed by atoms with Crippen molar-refractivity contribution in [3.8, 4) is 0 Å². The van der Waals surface area contributed by atoms with Gasteiger partial charge in [-0.15, -0.1) is 11.3 Å². The molecule has 1 heterocycles. The molecule has 0 aliphatic heterocycles. The van der Waals surface area contributed by atoms with E-state index in [0.29, 0.717) is 5.92 Å². The first-order valence-corrected chi connectivity index (χ1v) is 9.72. The Bertz CT molecular complexity index is 724. The fraction of sp³-hybridized carbons (Fsp3) is 0.571. The van der Waals surface area contributed by atoms with E-state index in [2.05, 4.69) is 83.7 Å². The number of carbonyl (C=O) groups excluding carboxylic acids is 1. The van der Waals surface area contributed by atoms with Crippen LogP contribution in [0.1, 0.15) is 48.5 Å². The molecule has 24 heavy (non-hydrogen) atoms. The molecule has 0 radical (unpaired) electrons. The van der Waals surface area contributed by atoms with Crippen molar-refractivity contribution in [1.82, 2.24) is 0 Å². The summed E-state index contributed by atoms with van der Waals surface area (Å²) >= 11 is 1.73. The van der Waals surface area contributed by atoms with Crippen molar-refractivity contribution < 1.29 is 4.79 Å². The van der Waals surface area contributed by atoms with Crippen LogP contribution in [0.25, 0.3) is 10.1 Å². The van der Waals surface area contributed by atoms with Gasteiger partial charge in [-0.1, -0.05) is 59.7 Å². The van der Waals surface area contributed by atoms with Crippen molar-refractivity contribution in [3.63, 3.8) is 0 Å². The summed E-state index contributed by atoms with van der Waals surface area (Å²) in [5.74, 6) is 0.804. The summed E-state index contributed by atoms with van der Waals surface area (Å²) in [6.07, 6.45) is 0. The molecule has 1 fully saturated rings. The summed E-state index contributed by atoms with van der Waals surface area (Å²) in [5, 5.41) is 2.31. The highest BCUT2D eigenvalue weighted by molar-refractivity contribution is 7.23. The van der Waals surface area contributed by atoms with Crippen LogP contribution in [-0.4, -0.2) is 11.9 Å². The lowest BCUT2D eigenvalue weighted by molar-refractivity contribution is -0.121. The van der Waals surface area contributed by atoms with Crippen molar-refractivity contribution in [2.24, 2.45) is 22.7 Å². The lowest BCUT2D eigenvalue weighted by Gasteiger charge is -2.31. The Hall–Kier alpha value is -1.35. The molecule has 3 rings (SSSR count). The van der Waals surface area contributed by atoms with Gasteiger partial charge in [0.15, 0.2) is 0 Å². The van der Waals surface area contributed by atoms with Crippen LogP contribution in [0.2, 0.25) is 0 Å². The highest BCUT2D eigenvalue weighted by Gasteiger charge is 2.69. The Morgan fingerprint density at radius 3 is 2.17 bits per heavy atom. The van der Waals surface area contributed by atoms with Crippen molar-refractivity contribution in [2.45, 2.75) is 54.5 Å². The first-order valence-electron chi connectivity index (χ1n) is 8.90. The van der Waals surface area contributed by atoms with Crippen LogP contribution in [0.15, 0.2) is 30.3 Å². The Morgan fingerprint density at radius 2 is 1.67 bits per heavy atom. The SMILES string of the molecule is CC(C)C(C)N(C(=O)C1C(C)(C)C1(C)C)c1cc2ccccc2s1. The Morgan fingerprint density at radius 1 is 1.08 bits per heavy atom. The van der Waals surface area contributed by atoms with Gasteiger partial charge in [0.1, 0.15) is 0 Å². The molecular formula is C21H29NOS. The zero-order valence-corrected chi connectivity index (χ0v) is 16.7. The summed E-state index contributed by atoms with van der Waals surface area (Å²) in [5.41, 5.74) is 0.130. The van der Waals surface area contributed by atoms with E-state index >= 15 is 0 Å². The number of anilines is 1. The number of carbonyl (C=O) groups is 1. The molecule has 3 heteroatoms. The van der Waals surface area contributed by atoms with Crippen LogP contribution in [-0.2, 0) is 4.79 Å². The van der Waals surface area contributed by atoms with Gasteiger partial charge in [0.25, 0.3) is 0 Å². The van der Waals surface area contributed by atoms with Crippen LogP contribution in [0, 0.1) is 22.7 Å². The minimum atomic E-state index is 0.0652. The smallest absolute Gasteiger partial charge is 0.232 e. The number of nitrogens with zero attached hydrogens (tertiary/aromatic N) is 1. The highest BCUT2D eigenvalue weighted by atomic mass is 32.1. The third-order valence-corrected chi connectivity index (χ3v) is 7.64. The number of benzene rings is 1. The van der Waals surface area contributed by atoms with Crippen LogP contribution >= 0.6 is 11.3 Å². The molecule has 2 aromatic rings. The number of fused-ring (bicyclic) bond motifs is 1. The van der Waals surface area contributed by atoms with Gasteiger partial charge in [0.2, 0.25) is 5.91 Å². The zero-order chi connectivity index (χ0) is 17.9. The maximum absolute atomic E-state index is 13.5. The summed E-state index contributed by atoms with van der Waals surface area (Å²) in [7, 11) is 0. The molecule has 0 spiro atoms. The second-order valence-corrected chi connectivity index (χ2v) is 9.75. The number of hydrogen-bond donors (Lipinski definition) is 0. The molecule has 1 saturated carbocycles. The highest BCUT2D eigenvalue weighted by Crippen LogP contribution is 2.69. The van der Waals surface area contributed by atoms with Gasteiger partial charge in [0, 0.05) is 16.7 Å². The van der Waals surface area contributed by atoms with Crippen LogP contribution in [0.5, 0.6) is 0 Å². The number of rotatable bonds is 4. The van der Waals surface area contributed by atoms with E-state index in [-0.39, 0.29) is 28.7 Å². The van der Waals surface area contributed by atoms with E-state index in [0.717, 1.165) is 5.00 Å². The summed E-state index contributed by atoms with van der Waals surface area (Å²) in [6, 6.07) is 10.8. The molecule has 1 aromatic heterocycles. The van der Waals surface area contributed by atoms with Gasteiger partial charge in [-0.05, 0) is 41.2 Å². The molecule has 0 bridgehead atoms. The number of thiophene rings is 1. The molecule has 1 aliphatic rings. The summed E-state index contributed by atoms with van der Waals surface area (Å²) in [4.78, 5) is 15.6. The van der Waals surface area contributed by atoms with Gasteiger partial charge in [-0.2, -0.15) is 0 Å². The van der Waals surface area contributed by atoms with Crippen molar-refractivity contribution in [2.75, 3.05) is 4.90 Å². The van der Waals surface area contributed by atoms with E-state index in [1.165, 1.54) is 10.1 Å². The van der Waals surface area contributed by atoms with E-state index in [9.17, 15) is 4.79 Å². The van der Waals surface area contributed by atoms with Crippen molar-refractivity contribution >= 4 is 32.3 Å². The maximum atomic E-state index is 13.5. The predicted molar refractivity (Wildman–Crippen MR) is 105 cm³/mol. The lowest BCUT2D eigenvalue weighted by Crippen LogP contribution is -2.43. The molecule has 1 atom stereocenters. The molecule has 0 saturated heterocycles. The fourth-order valence-corrected chi connectivity index (χ4v) is 5.00. The van der Waals surface area contributed by atoms with Gasteiger partial charge in [0.05, 0.1) is 5.00 Å². The Balaban J connectivity index is 2.03. The Kier molecular flexibility index (Phi) is 4.07. The largest absolute Gasteiger partial charge is 0.300 e. The minimum Gasteiger partial charge on any atom is -0.300 e. The second kappa shape index (κ2) is 5.59. The van der Waals surface area contributed by atoms with Crippen LogP contribution in [0.4, 0.5) is 5.00 Å². The number of amides is 1. The molecule has 1 unspecified atom stereocenters. The first-order chi connectivity index (χ1) is 11.1. The van der Waals surface area contributed by atoms with Gasteiger partial charge >= 0.3 is 0 Å². The predicted octanol–water partition coefficient (Wildman–Crippen LogP) is 5.96. The molecule has 1 aromatic carbocycles. The van der Waals surface area contributed by atoms with Gasteiger partial charge in [-0.25, -0.2) is 0 Å². The molecule has 0 N–H and O–H groups in total. The van der Waals surface area contributed by atoms with Gasteiger partial charge < -0.3 is 4.90 Å². The van der Waals surface area contributed by atoms with Crippen LogP contribution in [0.3, 0.4) is 0 Å². The van der Waals surface area contributed by atoms with E-state index in [1.54, 1.807) is 11.3 Å². The quantitative estimate of drug-likeness (QED) is 0.670. The monoisotopic (exact) mass is 343 g/mol. The Labute approximate surface area is 149 Å².